The van der Waals surface area contributed by atoms with Gasteiger partial charge in [-0.05, 0) is 12.5 Å². The summed E-state index contributed by atoms with van der Waals surface area (Å²) >= 11 is 6.37. The number of halogens is 3. The number of hydrogen-bond acceptors (Lipinski definition) is 0. The first kappa shape index (κ1) is 22.2. The van der Waals surface area contributed by atoms with Gasteiger partial charge in [0.15, 0.2) is 7.38 Å². The first-order chi connectivity index (χ1) is 7.56. The summed E-state index contributed by atoms with van der Waals surface area (Å²) in [5.74, 6) is 0. The minimum Gasteiger partial charge on any atom is -0.198 e. The molecule has 0 fully saturated rings. The first-order valence-corrected chi connectivity index (χ1v) is 10.1. The van der Waals surface area contributed by atoms with Crippen molar-refractivity contribution in [1.29, 1.82) is 0 Å². The minimum atomic E-state index is -1.44. The van der Waals surface area contributed by atoms with E-state index in [4.69, 9.17) is 11.1 Å². The van der Waals surface area contributed by atoms with Crippen LogP contribution in [-0.4, -0.2) is 7.38 Å². The molecular formula is C14H20Cl3SiZr-. The number of rotatable bonds is 4. The van der Waals surface area contributed by atoms with Gasteiger partial charge < -0.3 is 0 Å². The molecule has 0 aliphatic heterocycles. The van der Waals surface area contributed by atoms with E-state index in [1.807, 2.05) is 0 Å². The molecular weight excluding hydrogens is 394 g/mol. The van der Waals surface area contributed by atoms with Crippen LogP contribution in [0.5, 0.6) is 0 Å². The fourth-order valence-corrected chi connectivity index (χ4v) is 3.26. The molecule has 0 heterocycles. The van der Waals surface area contributed by atoms with E-state index in [9.17, 15) is 0 Å². The fourth-order valence-electron chi connectivity index (χ4n) is 2.11. The van der Waals surface area contributed by atoms with Crippen molar-refractivity contribution in [2.24, 2.45) is 0 Å². The maximum absolute atomic E-state index is 6.37. The summed E-state index contributed by atoms with van der Waals surface area (Å²) in [6, 6.07) is 1.16. The predicted molar refractivity (Wildman–Crippen MR) is 88.6 cm³/mol. The van der Waals surface area contributed by atoms with Gasteiger partial charge in [0.2, 0.25) is 0 Å². The van der Waals surface area contributed by atoms with Gasteiger partial charge in [0, 0.05) is 26.2 Å². The van der Waals surface area contributed by atoms with E-state index >= 15 is 0 Å². The maximum atomic E-state index is 6.37. The van der Waals surface area contributed by atoms with Crippen molar-refractivity contribution in [2.75, 3.05) is 0 Å². The van der Waals surface area contributed by atoms with Gasteiger partial charge in [-0.2, -0.15) is 28.8 Å². The summed E-state index contributed by atoms with van der Waals surface area (Å²) in [5.41, 5.74) is 4.27. The van der Waals surface area contributed by atoms with Gasteiger partial charge >= 0.3 is 0 Å². The van der Waals surface area contributed by atoms with Crippen LogP contribution < -0.4 is 0 Å². The summed E-state index contributed by atoms with van der Waals surface area (Å²) in [4.78, 5) is 0. The van der Waals surface area contributed by atoms with Crippen LogP contribution in [0.3, 0.4) is 0 Å². The Morgan fingerprint density at radius 1 is 1.21 bits per heavy atom. The molecule has 0 saturated carbocycles. The number of hydrogen-bond donors (Lipinski definition) is 0. The molecule has 0 radical (unpaired) electrons. The molecule has 0 spiro atoms. The van der Waals surface area contributed by atoms with E-state index in [1.165, 1.54) is 16.7 Å². The van der Waals surface area contributed by atoms with Crippen molar-refractivity contribution < 1.29 is 26.2 Å². The largest absolute Gasteiger partial charge is 0.198 e. The van der Waals surface area contributed by atoms with Gasteiger partial charge in [-0.25, -0.2) is 0 Å². The second-order valence-electron chi connectivity index (χ2n) is 5.03. The summed E-state index contributed by atoms with van der Waals surface area (Å²) in [6.07, 6.45) is 15.5. The van der Waals surface area contributed by atoms with E-state index in [0.717, 1.165) is 25.3 Å². The molecule has 5 heteroatoms. The molecule has 0 bridgehead atoms. The van der Waals surface area contributed by atoms with Gasteiger partial charge in [-0.3, -0.25) is 0 Å². The molecule has 0 aromatic heterocycles. The Labute approximate surface area is 154 Å². The Bertz CT molecular complexity index is 403. The third-order valence-electron chi connectivity index (χ3n) is 3.04. The van der Waals surface area contributed by atoms with Crippen LogP contribution in [0, 0.1) is 6.08 Å². The molecule has 106 valence electrons. The molecule has 0 saturated heterocycles. The smallest absolute Gasteiger partial charge is 0.150 e. The molecule has 2 rings (SSSR count). The minimum absolute atomic E-state index is 0. The molecule has 0 unspecified atom stereocenters. The summed E-state index contributed by atoms with van der Waals surface area (Å²) in [5, 5.41) is 0. The predicted octanol–water partition coefficient (Wildman–Crippen LogP) is 5.61. The average Bonchev–Trinajstić information content (AvgIpc) is 2.84. The van der Waals surface area contributed by atoms with Gasteiger partial charge in [-0.15, -0.1) is 36.5 Å². The van der Waals surface area contributed by atoms with Crippen LogP contribution in [0.15, 0.2) is 41.0 Å². The first-order valence-electron chi connectivity index (χ1n) is 5.91. The summed E-state index contributed by atoms with van der Waals surface area (Å²) in [6.45, 7) is 4.43. The Morgan fingerprint density at radius 2 is 1.89 bits per heavy atom. The molecule has 0 amide bonds. The monoisotopic (exact) mass is 411 g/mol. The van der Waals surface area contributed by atoms with Crippen molar-refractivity contribution >= 4 is 43.3 Å². The average molecular weight is 414 g/mol. The molecule has 19 heavy (non-hydrogen) atoms. The Hall–Kier alpha value is 0.930. The third-order valence-corrected chi connectivity index (χ3v) is 5.04. The van der Waals surface area contributed by atoms with Crippen LogP contribution in [0.25, 0.3) is 0 Å². The van der Waals surface area contributed by atoms with E-state index in [0.29, 0.717) is 0 Å². The van der Waals surface area contributed by atoms with Crippen LogP contribution in [0.4, 0.5) is 0 Å². The molecule has 2 aliphatic rings. The van der Waals surface area contributed by atoms with Crippen molar-refractivity contribution in [3.63, 3.8) is 0 Å². The van der Waals surface area contributed by atoms with E-state index in [2.05, 4.69) is 43.5 Å². The molecule has 0 atom stereocenters. The zero-order valence-electron chi connectivity index (χ0n) is 11.3. The molecule has 0 aromatic rings. The van der Waals surface area contributed by atoms with Crippen molar-refractivity contribution in [3.8, 4) is 0 Å². The van der Waals surface area contributed by atoms with Gasteiger partial charge in [-0.1, -0.05) is 43.7 Å². The molecule has 2 aliphatic carbocycles. The van der Waals surface area contributed by atoms with Gasteiger partial charge in [0.25, 0.3) is 0 Å². The van der Waals surface area contributed by atoms with Crippen molar-refractivity contribution in [2.45, 2.75) is 38.4 Å². The van der Waals surface area contributed by atoms with Crippen LogP contribution >= 0.6 is 35.9 Å². The molecule has 0 N–H and O–H groups in total. The maximum Gasteiger partial charge on any atom is 0.150 e. The van der Waals surface area contributed by atoms with Crippen LogP contribution in [-0.2, 0) is 26.2 Å². The summed E-state index contributed by atoms with van der Waals surface area (Å²) < 4.78 is 0. The Balaban J connectivity index is 0. The SMILES string of the molecule is C[Si](C)(Cl)CCC1=C(C2=[C-]CC=C2)CC=C1.Cl.Cl.[Zr]. The van der Waals surface area contributed by atoms with Gasteiger partial charge in [0.05, 0.1) is 0 Å². The Kier molecular flexibility index (Phi) is 11.4. The van der Waals surface area contributed by atoms with E-state index in [-0.39, 0.29) is 51.0 Å². The van der Waals surface area contributed by atoms with Crippen LogP contribution in [0.2, 0.25) is 19.1 Å². The quantitative estimate of drug-likeness (QED) is 0.319. The van der Waals surface area contributed by atoms with E-state index < -0.39 is 7.38 Å². The normalized spacial score (nSPS) is 16.7. The zero-order valence-corrected chi connectivity index (χ0v) is 17.2. The second kappa shape index (κ2) is 9.79. The summed E-state index contributed by atoms with van der Waals surface area (Å²) in [7, 11) is -1.44. The fraction of sp³-hybridized carbons (Fsp3) is 0.429. The van der Waals surface area contributed by atoms with E-state index in [1.54, 1.807) is 0 Å². The van der Waals surface area contributed by atoms with Crippen molar-refractivity contribution in [3.05, 3.63) is 47.1 Å². The third kappa shape index (κ3) is 6.96. The number of allylic oxidation sites excluding steroid dienone is 8. The topological polar surface area (TPSA) is 0 Å². The standard InChI is InChI=1S/C14H18ClSi.2ClH.Zr/c1-16(2,15)11-10-13-8-5-9-14(13)12-6-3-4-7-12;;;/h3,5-6,8H,4,9-11H2,1-2H3;2*1H;/q-1;;;. The van der Waals surface area contributed by atoms with Crippen LogP contribution in [0.1, 0.15) is 19.3 Å². The molecule has 0 aromatic carbocycles. The Morgan fingerprint density at radius 3 is 2.42 bits per heavy atom. The molecule has 0 nitrogen and oxygen atoms in total. The van der Waals surface area contributed by atoms with Crippen molar-refractivity contribution in [1.82, 2.24) is 0 Å². The zero-order chi connectivity index (χ0) is 11.6. The van der Waals surface area contributed by atoms with Gasteiger partial charge in [0.1, 0.15) is 0 Å². The second-order valence-corrected chi connectivity index (χ2v) is 12.0.